The van der Waals surface area contributed by atoms with Crippen LogP contribution < -0.4 is 11.1 Å². The van der Waals surface area contributed by atoms with Gasteiger partial charge in [0.25, 0.3) is 0 Å². The van der Waals surface area contributed by atoms with Gasteiger partial charge in [-0.05, 0) is 43.5 Å². The lowest BCUT2D eigenvalue weighted by Crippen LogP contribution is -2.58. The molecule has 1 aromatic carbocycles. The molecule has 0 bridgehead atoms. The van der Waals surface area contributed by atoms with Crippen LogP contribution in [0.25, 0.3) is 0 Å². The van der Waals surface area contributed by atoms with Gasteiger partial charge in [0, 0.05) is 16.4 Å². The molecule has 2 unspecified atom stereocenters. The Labute approximate surface area is 127 Å². The molecule has 0 aliphatic heterocycles. The van der Waals surface area contributed by atoms with Crippen LogP contribution in [0.2, 0.25) is 0 Å². The van der Waals surface area contributed by atoms with Crippen LogP contribution in [0.1, 0.15) is 19.3 Å². The van der Waals surface area contributed by atoms with Gasteiger partial charge in [0.1, 0.15) is 5.54 Å². The molecule has 110 valence electrons. The van der Waals surface area contributed by atoms with Crippen LogP contribution >= 0.6 is 15.9 Å². The Morgan fingerprint density at radius 1 is 1.40 bits per heavy atom. The van der Waals surface area contributed by atoms with Crippen molar-refractivity contribution in [2.24, 2.45) is 5.73 Å². The highest BCUT2D eigenvalue weighted by molar-refractivity contribution is 9.10. The summed E-state index contributed by atoms with van der Waals surface area (Å²) in [5, 5.41) is 2.28. The van der Waals surface area contributed by atoms with Gasteiger partial charge < -0.3 is 11.1 Å². The Bertz CT molecular complexity index is 615. The third kappa shape index (κ3) is 2.83. The molecule has 3 N–H and O–H groups in total. The molecular weight excluding hydrogens is 344 g/mol. The fourth-order valence-electron chi connectivity index (χ4n) is 2.83. The first-order valence-corrected chi connectivity index (χ1v) is 9.03. The number of nitrogens with one attached hydrogen (secondary N) is 1. The second kappa shape index (κ2) is 5.37. The highest BCUT2D eigenvalue weighted by Gasteiger charge is 2.52. The maximum atomic E-state index is 11.9. The summed E-state index contributed by atoms with van der Waals surface area (Å²) in [7, 11) is -3.36. The summed E-state index contributed by atoms with van der Waals surface area (Å²) in [5.74, 6) is -0.617. The Morgan fingerprint density at radius 3 is 2.50 bits per heavy atom. The SMILES string of the molecule is CS(=O)(=O)C1CCCC1(Nc1ccc(Br)cc1)C(N)=O. The minimum atomic E-state index is -3.36. The number of nitrogens with two attached hydrogens (primary N) is 1. The lowest BCUT2D eigenvalue weighted by molar-refractivity contribution is -0.122. The van der Waals surface area contributed by atoms with Crippen LogP contribution in [-0.2, 0) is 14.6 Å². The molecule has 1 saturated carbocycles. The summed E-state index contributed by atoms with van der Waals surface area (Å²) in [4.78, 5) is 11.9. The molecular formula is C13H17BrN2O3S. The molecule has 2 rings (SSSR count). The van der Waals surface area contributed by atoms with Gasteiger partial charge in [0.2, 0.25) is 5.91 Å². The highest BCUT2D eigenvalue weighted by Crippen LogP contribution is 2.37. The number of hydrogen-bond acceptors (Lipinski definition) is 4. The van der Waals surface area contributed by atoms with Gasteiger partial charge >= 0.3 is 0 Å². The van der Waals surface area contributed by atoms with Gasteiger partial charge in [-0.2, -0.15) is 0 Å². The summed E-state index contributed by atoms with van der Waals surface area (Å²) >= 11 is 3.33. The monoisotopic (exact) mass is 360 g/mol. The molecule has 7 heteroatoms. The van der Waals surface area contributed by atoms with E-state index >= 15 is 0 Å². The maximum Gasteiger partial charge on any atom is 0.244 e. The molecule has 0 aromatic heterocycles. The fraction of sp³-hybridized carbons (Fsp3) is 0.462. The van der Waals surface area contributed by atoms with Crippen LogP contribution in [-0.4, -0.2) is 31.4 Å². The zero-order chi connectivity index (χ0) is 15.0. The van der Waals surface area contributed by atoms with Crippen LogP contribution in [0.3, 0.4) is 0 Å². The van der Waals surface area contributed by atoms with E-state index in [0.29, 0.717) is 24.9 Å². The summed E-state index contributed by atoms with van der Waals surface area (Å²) in [5.41, 5.74) is 4.98. The molecule has 1 aromatic rings. The van der Waals surface area contributed by atoms with Crippen molar-refractivity contribution < 1.29 is 13.2 Å². The molecule has 20 heavy (non-hydrogen) atoms. The normalized spacial score (nSPS) is 26.4. The third-order valence-corrected chi connectivity index (χ3v) is 5.96. The minimum Gasteiger partial charge on any atom is -0.370 e. The molecule has 0 spiro atoms. The van der Waals surface area contributed by atoms with Crippen LogP contribution in [0.5, 0.6) is 0 Å². The lowest BCUT2D eigenvalue weighted by atomic mass is 9.95. The Morgan fingerprint density at radius 2 is 2.00 bits per heavy atom. The standard InChI is InChI=1S/C13H17BrN2O3S/c1-20(18,19)11-3-2-8-13(11,12(15)17)16-10-6-4-9(14)5-7-10/h4-7,11,16H,2-3,8H2,1H3,(H2,15,17). The Hall–Kier alpha value is -1.08. The van der Waals surface area contributed by atoms with Crippen molar-refractivity contribution in [3.63, 3.8) is 0 Å². The lowest BCUT2D eigenvalue weighted by Gasteiger charge is -2.33. The number of sulfone groups is 1. The first kappa shape index (κ1) is 15.3. The number of benzene rings is 1. The van der Waals surface area contributed by atoms with Gasteiger partial charge in [0.05, 0.1) is 5.25 Å². The average Bonchev–Trinajstić information content (AvgIpc) is 2.77. The van der Waals surface area contributed by atoms with Crippen LogP contribution in [0.15, 0.2) is 28.7 Å². The van der Waals surface area contributed by atoms with Crippen molar-refractivity contribution in [1.82, 2.24) is 0 Å². The van der Waals surface area contributed by atoms with Crippen molar-refractivity contribution in [2.75, 3.05) is 11.6 Å². The molecule has 0 heterocycles. The number of carbonyl (C=O) groups is 1. The summed E-state index contributed by atoms with van der Waals surface area (Å²) < 4.78 is 24.8. The van der Waals surface area contributed by atoms with Crippen LogP contribution in [0.4, 0.5) is 5.69 Å². The van der Waals surface area contributed by atoms with E-state index in [9.17, 15) is 13.2 Å². The molecule has 2 atom stereocenters. The van der Waals surface area contributed by atoms with Crippen molar-refractivity contribution in [3.8, 4) is 0 Å². The second-order valence-corrected chi connectivity index (χ2v) is 8.32. The van der Waals surface area contributed by atoms with E-state index < -0.39 is 26.5 Å². The van der Waals surface area contributed by atoms with E-state index in [1.165, 1.54) is 0 Å². The first-order chi connectivity index (χ1) is 9.25. The van der Waals surface area contributed by atoms with Gasteiger partial charge in [0.15, 0.2) is 9.84 Å². The molecule has 1 fully saturated rings. The van der Waals surface area contributed by atoms with Gasteiger partial charge in [-0.25, -0.2) is 8.42 Å². The maximum absolute atomic E-state index is 11.9. The first-order valence-electron chi connectivity index (χ1n) is 6.28. The number of hydrogen-bond donors (Lipinski definition) is 2. The van der Waals surface area contributed by atoms with E-state index in [-0.39, 0.29) is 0 Å². The predicted molar refractivity (Wildman–Crippen MR) is 82.2 cm³/mol. The van der Waals surface area contributed by atoms with E-state index in [2.05, 4.69) is 21.2 Å². The number of amides is 1. The minimum absolute atomic E-state index is 0.427. The van der Waals surface area contributed by atoms with Crippen molar-refractivity contribution in [2.45, 2.75) is 30.1 Å². The predicted octanol–water partition coefficient (Wildman–Crippen LogP) is 1.68. The van der Waals surface area contributed by atoms with Gasteiger partial charge in [-0.3, -0.25) is 4.79 Å². The molecule has 5 nitrogen and oxygen atoms in total. The van der Waals surface area contributed by atoms with E-state index in [4.69, 9.17) is 5.73 Å². The average molecular weight is 361 g/mol. The highest BCUT2D eigenvalue weighted by atomic mass is 79.9. The van der Waals surface area contributed by atoms with Crippen LogP contribution in [0, 0.1) is 0 Å². The summed E-state index contributed by atoms with van der Waals surface area (Å²) in [6.45, 7) is 0. The molecule has 1 aliphatic carbocycles. The molecule has 0 radical (unpaired) electrons. The van der Waals surface area contributed by atoms with Crippen molar-refractivity contribution in [1.29, 1.82) is 0 Å². The second-order valence-electron chi connectivity index (χ2n) is 5.18. The van der Waals surface area contributed by atoms with Gasteiger partial charge in [-0.1, -0.05) is 15.9 Å². The number of anilines is 1. The largest absolute Gasteiger partial charge is 0.370 e. The zero-order valence-electron chi connectivity index (χ0n) is 11.1. The Balaban J connectivity index is 2.40. The summed E-state index contributed by atoms with van der Waals surface area (Å²) in [6.07, 6.45) is 2.69. The van der Waals surface area contributed by atoms with E-state index in [1.54, 1.807) is 12.1 Å². The number of carbonyl (C=O) groups excluding carboxylic acids is 1. The third-order valence-electron chi connectivity index (χ3n) is 3.76. The number of rotatable bonds is 4. The Kier molecular flexibility index (Phi) is 4.11. The van der Waals surface area contributed by atoms with Crippen molar-refractivity contribution >= 4 is 37.4 Å². The number of halogens is 1. The fourth-order valence-corrected chi connectivity index (χ4v) is 4.71. The molecule has 1 aliphatic rings. The summed E-state index contributed by atoms with van der Waals surface area (Å²) in [6, 6.07) is 7.21. The van der Waals surface area contributed by atoms with E-state index in [0.717, 1.165) is 10.7 Å². The zero-order valence-corrected chi connectivity index (χ0v) is 13.5. The van der Waals surface area contributed by atoms with Crippen molar-refractivity contribution in [3.05, 3.63) is 28.7 Å². The molecule has 1 amide bonds. The van der Waals surface area contributed by atoms with Gasteiger partial charge in [-0.15, -0.1) is 0 Å². The number of primary amides is 1. The quantitative estimate of drug-likeness (QED) is 0.854. The van der Waals surface area contributed by atoms with E-state index in [1.807, 2.05) is 12.1 Å². The topological polar surface area (TPSA) is 89.3 Å². The smallest absolute Gasteiger partial charge is 0.244 e. The molecule has 0 saturated heterocycles.